The molecule has 0 amide bonds. The summed E-state index contributed by atoms with van der Waals surface area (Å²) in [7, 11) is 0. The van der Waals surface area contributed by atoms with Crippen molar-refractivity contribution >= 4 is 22.8 Å². The van der Waals surface area contributed by atoms with Crippen molar-refractivity contribution in [2.24, 2.45) is 0 Å². The van der Waals surface area contributed by atoms with Gasteiger partial charge in [-0.2, -0.15) is 0 Å². The molecule has 0 aromatic heterocycles. The van der Waals surface area contributed by atoms with E-state index in [1.54, 1.807) is 0 Å². The van der Waals surface area contributed by atoms with Gasteiger partial charge in [0.15, 0.2) is 6.10 Å². The molecule has 0 fully saturated rings. The Hall–Kier alpha value is -2.97. The van der Waals surface area contributed by atoms with Gasteiger partial charge in [-0.1, -0.05) is 98.8 Å². The minimum absolute atomic E-state index is 0.182. The van der Waals surface area contributed by atoms with Gasteiger partial charge >= 0.3 is 5.97 Å². The van der Waals surface area contributed by atoms with Gasteiger partial charge in [-0.25, -0.2) is 0 Å². The van der Waals surface area contributed by atoms with Crippen molar-refractivity contribution in [3.05, 3.63) is 53.6 Å². The molecule has 2 heteroatoms. The number of esters is 1. The molecule has 2 aromatic carbocycles. The molecule has 0 aliphatic heterocycles. The maximum absolute atomic E-state index is 12.5. The van der Waals surface area contributed by atoms with E-state index in [-0.39, 0.29) is 5.97 Å². The number of rotatable bonds is 8. The van der Waals surface area contributed by atoms with E-state index in [9.17, 15) is 4.79 Å². The lowest BCUT2D eigenvalue weighted by Crippen LogP contribution is -2.18. The van der Waals surface area contributed by atoms with E-state index in [1.165, 1.54) is 24.6 Å². The van der Waals surface area contributed by atoms with Crippen molar-refractivity contribution in [1.29, 1.82) is 0 Å². The number of hydrogen-bond acceptors (Lipinski definition) is 2. The first-order valence-corrected chi connectivity index (χ1v) is 11.6. The van der Waals surface area contributed by atoms with Crippen molar-refractivity contribution in [3.8, 4) is 23.7 Å². The summed E-state index contributed by atoms with van der Waals surface area (Å²) in [6.45, 7) is 2.19. The Kier molecular flexibility index (Phi) is 9.28. The fourth-order valence-corrected chi connectivity index (χ4v) is 3.71. The number of carbonyl (C=O) groups is 1. The lowest BCUT2D eigenvalue weighted by atomic mass is 9.99. The van der Waals surface area contributed by atoms with Crippen LogP contribution in [0.5, 0.6) is 0 Å². The molecule has 0 radical (unpaired) electrons. The second kappa shape index (κ2) is 12.7. The van der Waals surface area contributed by atoms with Gasteiger partial charge in [0.25, 0.3) is 0 Å². The second-order valence-electron chi connectivity index (χ2n) is 8.03. The molecule has 1 aliphatic rings. The minimum atomic E-state index is -0.604. The molecule has 2 aromatic rings. The van der Waals surface area contributed by atoms with Gasteiger partial charge < -0.3 is 4.74 Å². The Morgan fingerprint density at radius 1 is 1.00 bits per heavy atom. The van der Waals surface area contributed by atoms with Crippen LogP contribution in [0.2, 0.25) is 0 Å². The number of fused-ring (bicyclic) bond motifs is 1. The Labute approximate surface area is 187 Å². The van der Waals surface area contributed by atoms with Crippen molar-refractivity contribution in [3.63, 3.8) is 0 Å². The van der Waals surface area contributed by atoms with Gasteiger partial charge in [-0.05, 0) is 41.7 Å². The largest absolute Gasteiger partial charge is 0.443 e. The zero-order valence-electron chi connectivity index (χ0n) is 18.6. The van der Waals surface area contributed by atoms with E-state index in [0.29, 0.717) is 6.42 Å². The molecule has 2 nitrogen and oxygen atoms in total. The molecule has 3 rings (SSSR count). The third-order valence-corrected chi connectivity index (χ3v) is 5.47. The van der Waals surface area contributed by atoms with Crippen LogP contribution in [0.4, 0.5) is 0 Å². The third-order valence-electron chi connectivity index (χ3n) is 5.47. The van der Waals surface area contributed by atoms with Crippen LogP contribution in [0.15, 0.2) is 48.0 Å². The van der Waals surface area contributed by atoms with E-state index in [1.807, 2.05) is 24.3 Å². The fraction of sp³-hybridized carbons (Fsp3) is 0.414. The molecule has 160 valence electrons. The normalized spacial score (nSPS) is 17.3. The van der Waals surface area contributed by atoms with Crippen LogP contribution < -0.4 is 0 Å². The highest BCUT2D eigenvalue weighted by Crippen LogP contribution is 2.23. The summed E-state index contributed by atoms with van der Waals surface area (Å²) in [5.41, 5.74) is 1.84. The summed E-state index contributed by atoms with van der Waals surface area (Å²) < 4.78 is 5.84. The zero-order valence-corrected chi connectivity index (χ0v) is 18.6. The van der Waals surface area contributed by atoms with Gasteiger partial charge in [-0.3, -0.25) is 4.79 Å². The second-order valence-corrected chi connectivity index (χ2v) is 8.03. The zero-order chi connectivity index (χ0) is 21.7. The summed E-state index contributed by atoms with van der Waals surface area (Å²) >= 11 is 0. The van der Waals surface area contributed by atoms with Gasteiger partial charge in [0, 0.05) is 19.3 Å². The highest BCUT2D eigenvalue weighted by atomic mass is 16.5. The van der Waals surface area contributed by atoms with E-state index in [2.05, 4.69) is 54.9 Å². The van der Waals surface area contributed by atoms with E-state index < -0.39 is 6.10 Å². The van der Waals surface area contributed by atoms with Gasteiger partial charge in [-0.15, -0.1) is 0 Å². The van der Waals surface area contributed by atoms with Crippen LogP contribution in [0.25, 0.3) is 16.8 Å². The molecule has 1 unspecified atom stereocenters. The van der Waals surface area contributed by atoms with Crippen LogP contribution in [-0.4, -0.2) is 12.1 Å². The molecular formula is C29H32O2. The first-order valence-electron chi connectivity index (χ1n) is 11.6. The van der Waals surface area contributed by atoms with Gasteiger partial charge in [0.1, 0.15) is 0 Å². The summed E-state index contributed by atoms with van der Waals surface area (Å²) in [5, 5.41) is 2.33. The molecule has 0 N–H and O–H groups in total. The number of benzene rings is 2. The minimum Gasteiger partial charge on any atom is -0.443 e. The van der Waals surface area contributed by atoms with Crippen molar-refractivity contribution in [1.82, 2.24) is 0 Å². The monoisotopic (exact) mass is 412 g/mol. The molecule has 31 heavy (non-hydrogen) atoms. The maximum atomic E-state index is 12.5. The Bertz CT molecular complexity index is 1020. The highest BCUT2D eigenvalue weighted by molar-refractivity contribution is 5.91. The molecular weight excluding hydrogens is 380 g/mol. The third kappa shape index (κ3) is 7.34. The number of ether oxygens (including phenoxy) is 1. The summed E-state index contributed by atoms with van der Waals surface area (Å²) in [6, 6.07) is 14.5. The number of unbranched alkanes of at least 4 members (excludes halogenated alkanes) is 4. The number of carbonyl (C=O) groups excluding carboxylic acids is 1. The average Bonchev–Trinajstić information content (AvgIpc) is 2.79. The van der Waals surface area contributed by atoms with E-state index >= 15 is 0 Å². The van der Waals surface area contributed by atoms with E-state index in [4.69, 9.17) is 4.74 Å². The maximum Gasteiger partial charge on any atom is 0.307 e. The van der Waals surface area contributed by atoms with Crippen LogP contribution in [0.1, 0.15) is 76.7 Å². The Morgan fingerprint density at radius 2 is 1.77 bits per heavy atom. The first kappa shape index (κ1) is 22.7. The Balaban J connectivity index is 1.83. The quantitative estimate of drug-likeness (QED) is 0.263. The predicted octanol–water partition coefficient (Wildman–Crippen LogP) is 7.08. The van der Waals surface area contributed by atoms with Crippen LogP contribution in [0, 0.1) is 23.7 Å². The van der Waals surface area contributed by atoms with Gasteiger partial charge in [0.2, 0.25) is 0 Å². The summed E-state index contributed by atoms with van der Waals surface area (Å²) in [5.74, 6) is 12.8. The first-order chi connectivity index (χ1) is 15.3. The highest BCUT2D eigenvalue weighted by Gasteiger charge is 2.17. The molecule has 0 saturated carbocycles. The molecule has 0 spiro atoms. The molecule has 1 atom stereocenters. The smallest absolute Gasteiger partial charge is 0.307 e. The molecule has 0 bridgehead atoms. The van der Waals surface area contributed by atoms with Crippen molar-refractivity contribution in [2.45, 2.75) is 77.2 Å². The molecule has 0 heterocycles. The summed E-state index contributed by atoms with van der Waals surface area (Å²) in [4.78, 5) is 12.5. The molecule has 0 saturated heterocycles. The fourth-order valence-electron chi connectivity index (χ4n) is 3.71. The number of hydrogen-bond donors (Lipinski definition) is 0. The average molecular weight is 413 g/mol. The van der Waals surface area contributed by atoms with Crippen molar-refractivity contribution in [2.75, 3.05) is 0 Å². The predicted molar refractivity (Wildman–Crippen MR) is 129 cm³/mol. The topological polar surface area (TPSA) is 26.3 Å². The van der Waals surface area contributed by atoms with Crippen LogP contribution >= 0.6 is 0 Å². The van der Waals surface area contributed by atoms with Crippen molar-refractivity contribution < 1.29 is 9.53 Å². The van der Waals surface area contributed by atoms with Gasteiger partial charge in [0.05, 0.1) is 5.57 Å². The summed E-state index contributed by atoms with van der Waals surface area (Å²) in [6.07, 6.45) is 11.1. The SMILES string of the molecule is CCCCCCCC(=O)OC1C#CCCCCC#C/C1=C\c1cccc2ccccc12. The van der Waals surface area contributed by atoms with Crippen LogP contribution in [0.3, 0.4) is 0 Å². The van der Waals surface area contributed by atoms with E-state index in [0.717, 1.165) is 55.0 Å². The van der Waals surface area contributed by atoms with Crippen LogP contribution in [-0.2, 0) is 9.53 Å². The Morgan fingerprint density at radius 3 is 2.65 bits per heavy atom. The lowest BCUT2D eigenvalue weighted by Gasteiger charge is -2.14. The standard InChI is InChI=1S/C29H32O2/c1-2-3-4-7-12-22-29(30)31-28-21-11-9-6-5-8-10-17-26(28)23-25-19-15-18-24-16-13-14-20-27(24)25/h13-16,18-20,23,28H,2-9,12,22H2,1H3/b26-23+. The lowest BCUT2D eigenvalue weighted by molar-refractivity contribution is -0.145. The molecule has 1 aliphatic carbocycles.